The third-order valence-corrected chi connectivity index (χ3v) is 3.20. The van der Waals surface area contributed by atoms with E-state index < -0.39 is 0 Å². The number of hydrogen-bond acceptors (Lipinski definition) is 4. The predicted molar refractivity (Wildman–Crippen MR) is 67.1 cm³/mol. The molecule has 1 atom stereocenters. The molecule has 2 heterocycles. The molecule has 19 heavy (non-hydrogen) atoms. The van der Waals surface area contributed by atoms with Crippen LogP contribution in [0.5, 0.6) is 5.75 Å². The molecule has 0 aliphatic carbocycles. The van der Waals surface area contributed by atoms with Crippen LogP contribution in [0.3, 0.4) is 0 Å². The molecular weight excluding hydrogens is 247 g/mol. The molecule has 1 aliphatic heterocycles. The van der Waals surface area contributed by atoms with Crippen LogP contribution in [0.4, 0.5) is 4.39 Å². The van der Waals surface area contributed by atoms with E-state index in [0.717, 1.165) is 17.7 Å². The summed E-state index contributed by atoms with van der Waals surface area (Å²) in [6.07, 6.45) is 2.54. The Hall–Kier alpha value is -1.95. The maximum Gasteiger partial charge on any atom is 0.165 e. The van der Waals surface area contributed by atoms with Crippen LogP contribution in [0, 0.1) is 5.82 Å². The van der Waals surface area contributed by atoms with Crippen LogP contribution in [0.15, 0.2) is 24.4 Å². The van der Waals surface area contributed by atoms with Gasteiger partial charge in [0.05, 0.1) is 18.5 Å². The van der Waals surface area contributed by atoms with Crippen molar-refractivity contribution in [2.24, 2.45) is 7.05 Å². The van der Waals surface area contributed by atoms with Gasteiger partial charge in [-0.1, -0.05) is 12.1 Å². The second-order valence-corrected chi connectivity index (χ2v) is 4.55. The highest BCUT2D eigenvalue weighted by atomic mass is 19.1. The van der Waals surface area contributed by atoms with Crippen molar-refractivity contribution in [2.45, 2.75) is 19.0 Å². The molecule has 0 unspecified atom stereocenters. The van der Waals surface area contributed by atoms with Crippen LogP contribution in [-0.2, 0) is 13.6 Å². The fourth-order valence-electron chi connectivity index (χ4n) is 2.30. The van der Waals surface area contributed by atoms with Gasteiger partial charge in [0, 0.05) is 31.6 Å². The van der Waals surface area contributed by atoms with Gasteiger partial charge in [0.2, 0.25) is 0 Å². The van der Waals surface area contributed by atoms with Crippen molar-refractivity contribution in [3.63, 3.8) is 0 Å². The number of aromatic nitrogens is 3. The number of para-hydroxylation sites is 1. The molecule has 0 saturated heterocycles. The van der Waals surface area contributed by atoms with Crippen molar-refractivity contribution >= 4 is 0 Å². The molecule has 0 spiro atoms. The number of nitrogens with zero attached hydrogens (tertiary/aromatic N) is 3. The van der Waals surface area contributed by atoms with Crippen LogP contribution in [0.2, 0.25) is 0 Å². The fraction of sp³-hybridized carbons (Fsp3) is 0.385. The molecule has 5 nitrogen and oxygen atoms in total. The molecule has 0 amide bonds. The van der Waals surface area contributed by atoms with Gasteiger partial charge in [-0.25, -0.2) is 4.39 Å². The molecule has 1 aliphatic rings. The van der Waals surface area contributed by atoms with E-state index in [0.29, 0.717) is 18.9 Å². The zero-order valence-corrected chi connectivity index (χ0v) is 10.6. The van der Waals surface area contributed by atoms with Crippen molar-refractivity contribution in [1.82, 2.24) is 20.3 Å². The van der Waals surface area contributed by atoms with E-state index >= 15 is 0 Å². The van der Waals surface area contributed by atoms with Gasteiger partial charge in [-0.05, 0) is 6.07 Å². The summed E-state index contributed by atoms with van der Waals surface area (Å²) in [6, 6.07) is 5.11. The second kappa shape index (κ2) is 4.97. The van der Waals surface area contributed by atoms with Gasteiger partial charge < -0.3 is 10.1 Å². The maximum absolute atomic E-state index is 13.6. The molecular formula is C13H15FN4O. The highest BCUT2D eigenvalue weighted by Gasteiger charge is 2.23. The molecule has 1 aromatic carbocycles. The summed E-state index contributed by atoms with van der Waals surface area (Å²) in [5.41, 5.74) is 1.74. The number of hydrogen-bond donors (Lipinski definition) is 1. The largest absolute Gasteiger partial charge is 0.490 e. The Labute approximate surface area is 110 Å². The predicted octanol–water partition coefficient (Wildman–Crippen LogP) is 1.57. The lowest BCUT2D eigenvalue weighted by atomic mass is 10.0. The lowest BCUT2D eigenvalue weighted by Gasteiger charge is -2.26. The summed E-state index contributed by atoms with van der Waals surface area (Å²) >= 11 is 0. The van der Waals surface area contributed by atoms with Crippen molar-refractivity contribution in [3.8, 4) is 5.75 Å². The summed E-state index contributed by atoms with van der Waals surface area (Å²) in [5.74, 6) is 0.0638. The van der Waals surface area contributed by atoms with Crippen molar-refractivity contribution < 1.29 is 9.13 Å². The van der Waals surface area contributed by atoms with Gasteiger partial charge in [0.25, 0.3) is 0 Å². The Morgan fingerprint density at radius 3 is 3.21 bits per heavy atom. The molecule has 6 heteroatoms. The number of nitrogens with one attached hydrogen (secondary N) is 1. The molecule has 0 bridgehead atoms. The first-order valence-electron chi connectivity index (χ1n) is 6.24. The van der Waals surface area contributed by atoms with Crippen LogP contribution in [-0.4, -0.2) is 21.6 Å². The first-order valence-corrected chi connectivity index (χ1v) is 6.24. The van der Waals surface area contributed by atoms with E-state index in [1.54, 1.807) is 19.3 Å². The lowest BCUT2D eigenvalue weighted by molar-refractivity contribution is 0.240. The van der Waals surface area contributed by atoms with Crippen molar-refractivity contribution in [3.05, 3.63) is 41.5 Å². The molecule has 0 saturated carbocycles. The van der Waals surface area contributed by atoms with E-state index in [2.05, 4.69) is 15.5 Å². The number of rotatable bonds is 3. The van der Waals surface area contributed by atoms with E-state index in [1.165, 1.54) is 10.9 Å². The topological polar surface area (TPSA) is 52.0 Å². The summed E-state index contributed by atoms with van der Waals surface area (Å²) in [6.45, 7) is 1.13. The number of aryl methyl sites for hydroxylation is 1. The molecule has 1 aromatic heterocycles. The minimum atomic E-state index is -0.302. The number of ether oxygens (including phenoxy) is 1. The summed E-state index contributed by atoms with van der Waals surface area (Å²) in [4.78, 5) is 1.52. The van der Waals surface area contributed by atoms with Gasteiger partial charge in [0.1, 0.15) is 0 Å². The normalized spacial score (nSPS) is 17.9. The molecule has 0 fully saturated rings. The molecule has 1 N–H and O–H groups in total. The quantitative estimate of drug-likeness (QED) is 0.912. The van der Waals surface area contributed by atoms with Gasteiger partial charge in [-0.15, -0.1) is 0 Å². The summed E-state index contributed by atoms with van der Waals surface area (Å²) in [7, 11) is 1.78. The van der Waals surface area contributed by atoms with E-state index in [9.17, 15) is 4.39 Å². The Morgan fingerprint density at radius 1 is 1.53 bits per heavy atom. The molecule has 100 valence electrons. The van der Waals surface area contributed by atoms with E-state index in [4.69, 9.17) is 4.74 Å². The Balaban J connectivity index is 1.75. The van der Waals surface area contributed by atoms with Crippen LogP contribution in [0.25, 0.3) is 0 Å². The standard InChI is InChI=1S/C13H15FN4O/c1-18-16-8-9(17-18)7-15-12-5-6-19-13-10(12)3-2-4-11(13)14/h2-4,8,12,15H,5-7H2,1H3/t12-/m1/s1. The molecule has 2 aromatic rings. The highest BCUT2D eigenvalue weighted by Crippen LogP contribution is 2.33. The van der Waals surface area contributed by atoms with Crippen LogP contribution >= 0.6 is 0 Å². The van der Waals surface area contributed by atoms with Crippen molar-refractivity contribution in [1.29, 1.82) is 0 Å². The highest BCUT2D eigenvalue weighted by molar-refractivity contribution is 5.38. The van der Waals surface area contributed by atoms with Gasteiger partial charge in [0.15, 0.2) is 11.6 Å². The monoisotopic (exact) mass is 262 g/mol. The van der Waals surface area contributed by atoms with E-state index in [-0.39, 0.29) is 11.9 Å². The zero-order chi connectivity index (χ0) is 13.2. The Morgan fingerprint density at radius 2 is 2.42 bits per heavy atom. The minimum Gasteiger partial charge on any atom is -0.490 e. The molecule has 3 rings (SSSR count). The Bertz CT molecular complexity index is 584. The Kier molecular flexibility index (Phi) is 3.16. The van der Waals surface area contributed by atoms with Crippen LogP contribution < -0.4 is 10.1 Å². The smallest absolute Gasteiger partial charge is 0.165 e. The van der Waals surface area contributed by atoms with Gasteiger partial charge in [-0.2, -0.15) is 15.0 Å². The van der Waals surface area contributed by atoms with Gasteiger partial charge >= 0.3 is 0 Å². The number of fused-ring (bicyclic) bond motifs is 1. The zero-order valence-electron chi connectivity index (χ0n) is 10.6. The average molecular weight is 262 g/mol. The van der Waals surface area contributed by atoms with Gasteiger partial charge in [-0.3, -0.25) is 0 Å². The average Bonchev–Trinajstić information content (AvgIpc) is 2.83. The second-order valence-electron chi connectivity index (χ2n) is 4.55. The third kappa shape index (κ3) is 2.44. The molecule has 0 radical (unpaired) electrons. The number of halogens is 1. The lowest BCUT2D eigenvalue weighted by Crippen LogP contribution is -2.27. The third-order valence-electron chi connectivity index (χ3n) is 3.20. The number of benzene rings is 1. The first-order chi connectivity index (χ1) is 9.24. The van der Waals surface area contributed by atoms with Crippen LogP contribution in [0.1, 0.15) is 23.7 Å². The first kappa shape index (κ1) is 12.1. The minimum absolute atomic E-state index is 0.0847. The van der Waals surface area contributed by atoms with Crippen molar-refractivity contribution in [2.75, 3.05) is 6.61 Å². The van der Waals surface area contributed by atoms with E-state index in [1.807, 2.05) is 6.07 Å². The maximum atomic E-state index is 13.6. The SMILES string of the molecule is Cn1ncc(CN[C@@H]2CCOc3c(F)cccc32)n1. The summed E-state index contributed by atoms with van der Waals surface area (Å²) in [5, 5.41) is 11.6. The summed E-state index contributed by atoms with van der Waals surface area (Å²) < 4.78 is 19.0. The fourth-order valence-corrected chi connectivity index (χ4v) is 2.30.